The van der Waals surface area contributed by atoms with Gasteiger partial charge in [-0.3, -0.25) is 19.5 Å². The van der Waals surface area contributed by atoms with E-state index in [0.717, 1.165) is 5.56 Å². The second kappa shape index (κ2) is 9.34. The highest BCUT2D eigenvalue weighted by molar-refractivity contribution is 6.36. The minimum atomic E-state index is -0.398. The number of nitrogens with zero attached hydrogens (tertiary/aromatic N) is 2. The molecule has 2 aromatic carbocycles. The first-order valence-corrected chi connectivity index (χ1v) is 10.2. The van der Waals surface area contributed by atoms with Gasteiger partial charge >= 0.3 is 0 Å². The summed E-state index contributed by atoms with van der Waals surface area (Å²) in [6.45, 7) is 2.58. The highest BCUT2D eigenvalue weighted by Crippen LogP contribution is 2.33. The number of methoxy groups -OCH3 is 1. The first kappa shape index (κ1) is 21.1. The number of imide groups is 1. The number of benzene rings is 2. The topological polar surface area (TPSA) is 80.8 Å². The Kier molecular flexibility index (Phi) is 6.17. The molecule has 0 atom stereocenters. The third-order valence-electron chi connectivity index (χ3n) is 5.02. The van der Waals surface area contributed by atoms with Gasteiger partial charge in [0.05, 0.1) is 25.8 Å². The van der Waals surface area contributed by atoms with E-state index in [1.807, 2.05) is 31.2 Å². The van der Waals surface area contributed by atoms with Crippen molar-refractivity contribution < 1.29 is 19.1 Å². The zero-order valence-corrected chi connectivity index (χ0v) is 17.9. The number of amides is 2. The maximum atomic E-state index is 13.4. The van der Waals surface area contributed by atoms with Crippen molar-refractivity contribution in [3.63, 3.8) is 0 Å². The van der Waals surface area contributed by atoms with Crippen molar-refractivity contribution in [3.8, 4) is 11.5 Å². The van der Waals surface area contributed by atoms with Gasteiger partial charge in [-0.25, -0.2) is 0 Å². The van der Waals surface area contributed by atoms with Gasteiger partial charge in [-0.2, -0.15) is 0 Å². The molecular weight excluding hydrogens is 406 g/mol. The van der Waals surface area contributed by atoms with Crippen LogP contribution in [0.3, 0.4) is 0 Å². The van der Waals surface area contributed by atoms with Crippen LogP contribution in [0.25, 0.3) is 5.57 Å². The predicted octanol–water partition coefficient (Wildman–Crippen LogP) is 3.88. The van der Waals surface area contributed by atoms with Crippen LogP contribution in [0.1, 0.15) is 18.1 Å². The van der Waals surface area contributed by atoms with Crippen LogP contribution < -0.4 is 14.8 Å². The molecule has 7 nitrogen and oxygen atoms in total. The maximum Gasteiger partial charge on any atom is 0.278 e. The van der Waals surface area contributed by atoms with E-state index in [1.54, 1.807) is 55.9 Å². The first-order valence-electron chi connectivity index (χ1n) is 10.2. The molecule has 0 spiro atoms. The van der Waals surface area contributed by atoms with Gasteiger partial charge in [0.1, 0.15) is 17.2 Å². The molecule has 0 saturated heterocycles. The lowest BCUT2D eigenvalue weighted by Crippen LogP contribution is -2.32. The standard InChI is InChI=1S/C25H23N3O4/c1-3-32-20-11-9-18(10-12-20)22-23(27-19-7-4-8-21(14-19)31-2)25(30)28(24(22)29)16-17-6-5-13-26-15-17/h4-15,27H,3,16H2,1-2H3. The molecule has 1 aliphatic rings. The summed E-state index contributed by atoms with van der Waals surface area (Å²) in [4.78, 5) is 32.0. The Morgan fingerprint density at radius 1 is 0.969 bits per heavy atom. The molecule has 0 radical (unpaired) electrons. The number of ether oxygens (including phenoxy) is 2. The maximum absolute atomic E-state index is 13.4. The van der Waals surface area contributed by atoms with Gasteiger partial charge in [0.15, 0.2) is 0 Å². The number of aromatic nitrogens is 1. The molecule has 0 bridgehead atoms. The molecule has 2 heterocycles. The number of anilines is 1. The van der Waals surface area contributed by atoms with E-state index in [4.69, 9.17) is 9.47 Å². The molecule has 32 heavy (non-hydrogen) atoms. The smallest absolute Gasteiger partial charge is 0.278 e. The van der Waals surface area contributed by atoms with E-state index in [2.05, 4.69) is 10.3 Å². The normalized spacial score (nSPS) is 13.5. The number of rotatable bonds is 8. The second-order valence-electron chi connectivity index (χ2n) is 7.12. The SMILES string of the molecule is CCOc1ccc(C2=C(Nc3cccc(OC)c3)C(=O)N(Cc3cccnc3)C2=O)cc1. The molecule has 4 rings (SSSR count). The molecule has 1 N–H and O–H groups in total. The lowest BCUT2D eigenvalue weighted by atomic mass is 10.0. The van der Waals surface area contributed by atoms with Crippen LogP contribution in [-0.2, 0) is 16.1 Å². The van der Waals surface area contributed by atoms with E-state index in [1.165, 1.54) is 4.90 Å². The molecule has 0 aliphatic carbocycles. The van der Waals surface area contributed by atoms with Gasteiger partial charge in [0.2, 0.25) is 0 Å². The number of hydrogen-bond acceptors (Lipinski definition) is 6. The molecule has 3 aromatic rings. The van der Waals surface area contributed by atoms with Crippen LogP contribution in [0.2, 0.25) is 0 Å². The van der Waals surface area contributed by atoms with Crippen molar-refractivity contribution in [2.75, 3.05) is 19.0 Å². The molecular formula is C25H23N3O4. The fourth-order valence-corrected chi connectivity index (χ4v) is 3.51. The Labute approximate surface area is 186 Å². The highest BCUT2D eigenvalue weighted by atomic mass is 16.5. The largest absolute Gasteiger partial charge is 0.497 e. The fraction of sp³-hybridized carbons (Fsp3) is 0.160. The van der Waals surface area contributed by atoms with E-state index in [-0.39, 0.29) is 18.1 Å². The summed E-state index contributed by atoms with van der Waals surface area (Å²) >= 11 is 0. The van der Waals surface area contributed by atoms with Crippen molar-refractivity contribution >= 4 is 23.1 Å². The molecule has 1 aromatic heterocycles. The molecule has 0 saturated carbocycles. The summed E-state index contributed by atoms with van der Waals surface area (Å²) in [5, 5.41) is 3.14. The zero-order chi connectivity index (χ0) is 22.5. The Balaban J connectivity index is 1.72. The van der Waals surface area contributed by atoms with Crippen LogP contribution in [0.15, 0.2) is 78.8 Å². The first-order chi connectivity index (χ1) is 15.6. The van der Waals surface area contributed by atoms with Crippen molar-refractivity contribution in [3.05, 3.63) is 89.9 Å². The third-order valence-corrected chi connectivity index (χ3v) is 5.02. The Morgan fingerprint density at radius 3 is 2.47 bits per heavy atom. The lowest BCUT2D eigenvalue weighted by Gasteiger charge is -2.15. The molecule has 0 unspecified atom stereocenters. The van der Waals surface area contributed by atoms with Crippen molar-refractivity contribution in [1.29, 1.82) is 0 Å². The van der Waals surface area contributed by atoms with Crippen LogP contribution >= 0.6 is 0 Å². The van der Waals surface area contributed by atoms with Gasteiger partial charge in [0, 0.05) is 24.1 Å². The van der Waals surface area contributed by atoms with Crippen LogP contribution in [0, 0.1) is 0 Å². The van der Waals surface area contributed by atoms with E-state index >= 15 is 0 Å². The van der Waals surface area contributed by atoms with E-state index in [9.17, 15) is 9.59 Å². The Bertz CT molecular complexity index is 1160. The van der Waals surface area contributed by atoms with Crippen LogP contribution in [0.4, 0.5) is 5.69 Å². The molecule has 2 amide bonds. The average molecular weight is 429 g/mol. The minimum absolute atomic E-state index is 0.134. The predicted molar refractivity (Wildman–Crippen MR) is 121 cm³/mol. The third kappa shape index (κ3) is 4.32. The fourth-order valence-electron chi connectivity index (χ4n) is 3.51. The van der Waals surface area contributed by atoms with Crippen molar-refractivity contribution in [2.45, 2.75) is 13.5 Å². The molecule has 1 aliphatic heterocycles. The monoisotopic (exact) mass is 429 g/mol. The van der Waals surface area contributed by atoms with Crippen molar-refractivity contribution in [1.82, 2.24) is 9.88 Å². The number of hydrogen-bond donors (Lipinski definition) is 1. The molecule has 7 heteroatoms. The zero-order valence-electron chi connectivity index (χ0n) is 17.9. The van der Waals surface area contributed by atoms with Gasteiger partial charge in [-0.15, -0.1) is 0 Å². The summed E-state index contributed by atoms with van der Waals surface area (Å²) in [7, 11) is 1.57. The summed E-state index contributed by atoms with van der Waals surface area (Å²) in [6.07, 6.45) is 3.29. The quantitative estimate of drug-likeness (QED) is 0.548. The van der Waals surface area contributed by atoms with Gasteiger partial charge in [-0.1, -0.05) is 24.3 Å². The van der Waals surface area contributed by atoms with Gasteiger partial charge < -0.3 is 14.8 Å². The summed E-state index contributed by atoms with van der Waals surface area (Å²) in [5.74, 6) is 0.573. The summed E-state index contributed by atoms with van der Waals surface area (Å²) in [6, 6.07) is 18.0. The number of carbonyl (C=O) groups excluding carboxylic acids is 2. The molecule has 162 valence electrons. The van der Waals surface area contributed by atoms with E-state index < -0.39 is 5.91 Å². The number of nitrogens with one attached hydrogen (secondary N) is 1. The van der Waals surface area contributed by atoms with Crippen LogP contribution in [-0.4, -0.2) is 35.4 Å². The molecule has 0 fully saturated rings. The number of carbonyl (C=O) groups is 2. The average Bonchev–Trinajstić information content (AvgIpc) is 3.05. The lowest BCUT2D eigenvalue weighted by molar-refractivity contribution is -0.137. The second-order valence-corrected chi connectivity index (χ2v) is 7.12. The highest BCUT2D eigenvalue weighted by Gasteiger charge is 2.39. The van der Waals surface area contributed by atoms with Crippen molar-refractivity contribution in [2.24, 2.45) is 0 Å². The Hall–Kier alpha value is -4.13. The number of pyridine rings is 1. The summed E-state index contributed by atoms with van der Waals surface area (Å²) in [5.41, 5.74) is 2.57. The van der Waals surface area contributed by atoms with E-state index in [0.29, 0.717) is 34.9 Å². The van der Waals surface area contributed by atoms with Crippen LogP contribution in [0.5, 0.6) is 11.5 Å². The Morgan fingerprint density at radius 2 is 1.78 bits per heavy atom. The summed E-state index contributed by atoms with van der Waals surface area (Å²) < 4.78 is 10.8. The van der Waals surface area contributed by atoms with Gasteiger partial charge in [-0.05, 0) is 48.4 Å². The minimum Gasteiger partial charge on any atom is -0.497 e. The van der Waals surface area contributed by atoms with Gasteiger partial charge in [0.25, 0.3) is 11.8 Å².